The Balaban J connectivity index is 1.45. The summed E-state index contributed by atoms with van der Waals surface area (Å²) in [6, 6.07) is 52.5. The summed E-state index contributed by atoms with van der Waals surface area (Å²) in [6.07, 6.45) is 0. The molecular weight excluding hydrogens is 581 g/mol. The fourth-order valence-electron chi connectivity index (χ4n) is 7.85. The minimum absolute atomic E-state index is 0.906. The summed E-state index contributed by atoms with van der Waals surface area (Å²) in [5, 5.41) is 10.0. The first-order valence-corrected chi connectivity index (χ1v) is 16.4. The molecule has 0 radical (unpaired) electrons. The van der Waals surface area contributed by atoms with Gasteiger partial charge in [0.2, 0.25) is 0 Å². The molecule has 0 saturated carbocycles. The average molecular weight is 605 g/mol. The van der Waals surface area contributed by atoms with Crippen molar-refractivity contribution in [3.05, 3.63) is 146 Å². The number of para-hydroxylation sites is 4. The highest BCUT2D eigenvalue weighted by Gasteiger charge is 2.26. The van der Waals surface area contributed by atoms with Gasteiger partial charge in [-0.15, -0.1) is 11.3 Å². The molecule has 4 aromatic heterocycles. The Bertz CT molecular complexity index is 3030. The van der Waals surface area contributed by atoms with Crippen molar-refractivity contribution in [2.45, 2.75) is 0 Å². The second-order valence-electron chi connectivity index (χ2n) is 12.1. The van der Waals surface area contributed by atoms with Crippen molar-refractivity contribution < 1.29 is 4.42 Å². The third-order valence-corrected chi connectivity index (χ3v) is 10.9. The smallest absolute Gasteiger partial charge is 0.135 e. The van der Waals surface area contributed by atoms with Gasteiger partial charge in [0.25, 0.3) is 0 Å². The molecular formula is C42H24N2OS. The lowest BCUT2D eigenvalue weighted by Gasteiger charge is -2.12. The first-order chi connectivity index (χ1) is 22.8. The summed E-state index contributed by atoms with van der Waals surface area (Å²) in [5.41, 5.74) is 9.02. The predicted molar refractivity (Wildman–Crippen MR) is 195 cm³/mol. The SMILES string of the molecule is c1ccc(-n2c3ccccc3c3c4c(c5ccccc5n4-c4ccc5oc6ccccc6c5c4)c4sc5ccccc5c4c32)cc1. The monoisotopic (exact) mass is 604 g/mol. The van der Waals surface area contributed by atoms with Gasteiger partial charge in [-0.3, -0.25) is 0 Å². The van der Waals surface area contributed by atoms with Crippen LogP contribution in [0.5, 0.6) is 0 Å². The molecule has 0 spiro atoms. The standard InChI is InChI=1S/C42H24N2OS/c1-2-12-25(13-3-1)43-32-18-8-4-15-28(32)37-40-38(42-39(41(37)43)30-17-7-11-21-36(30)46-42)29-16-5-9-19-33(29)44(40)26-22-23-35-31(24-26)27-14-6-10-20-34(27)45-35/h1-24H. The molecule has 0 atom stereocenters. The van der Waals surface area contributed by atoms with E-state index in [-0.39, 0.29) is 0 Å². The minimum atomic E-state index is 0.906. The fraction of sp³-hybridized carbons (Fsp3) is 0. The lowest BCUT2D eigenvalue weighted by molar-refractivity contribution is 0.669. The zero-order valence-corrected chi connectivity index (χ0v) is 25.4. The summed E-state index contributed by atoms with van der Waals surface area (Å²) in [6.45, 7) is 0. The van der Waals surface area contributed by atoms with Crippen LogP contribution in [0.2, 0.25) is 0 Å². The maximum atomic E-state index is 6.26. The number of nitrogens with zero attached hydrogens (tertiary/aromatic N) is 2. The molecule has 46 heavy (non-hydrogen) atoms. The van der Waals surface area contributed by atoms with Gasteiger partial charge in [-0.05, 0) is 54.6 Å². The van der Waals surface area contributed by atoms with Gasteiger partial charge in [0.05, 0.1) is 22.1 Å². The minimum Gasteiger partial charge on any atom is -0.456 e. The molecule has 0 unspecified atom stereocenters. The Labute approximate surface area is 266 Å². The van der Waals surface area contributed by atoms with E-state index >= 15 is 0 Å². The summed E-state index contributed by atoms with van der Waals surface area (Å²) in [5.74, 6) is 0. The Hall–Kier alpha value is -5.84. The molecule has 0 bridgehead atoms. The summed E-state index contributed by atoms with van der Waals surface area (Å²) in [7, 11) is 0. The molecule has 0 saturated heterocycles. The molecule has 0 N–H and O–H groups in total. The maximum absolute atomic E-state index is 6.26. The predicted octanol–water partition coefficient (Wildman–Crippen LogP) is 12.1. The summed E-state index contributed by atoms with van der Waals surface area (Å²) < 4.78 is 13.9. The van der Waals surface area contributed by atoms with E-state index in [9.17, 15) is 0 Å². The number of fused-ring (bicyclic) bond motifs is 15. The molecule has 7 aromatic carbocycles. The highest BCUT2D eigenvalue weighted by Crippen LogP contribution is 2.51. The first kappa shape index (κ1) is 24.5. The Morgan fingerprint density at radius 1 is 0.413 bits per heavy atom. The quantitative estimate of drug-likeness (QED) is 0.192. The van der Waals surface area contributed by atoms with E-state index in [0.717, 1.165) is 27.6 Å². The van der Waals surface area contributed by atoms with E-state index in [4.69, 9.17) is 4.42 Å². The largest absolute Gasteiger partial charge is 0.456 e. The Morgan fingerprint density at radius 3 is 1.76 bits per heavy atom. The van der Waals surface area contributed by atoms with Gasteiger partial charge in [-0.1, -0.05) is 91.0 Å². The topological polar surface area (TPSA) is 23.0 Å². The highest BCUT2D eigenvalue weighted by molar-refractivity contribution is 7.27. The zero-order chi connectivity index (χ0) is 29.9. The molecule has 3 nitrogen and oxygen atoms in total. The van der Waals surface area contributed by atoms with Crippen LogP contribution in [-0.2, 0) is 0 Å². The van der Waals surface area contributed by atoms with Crippen LogP contribution < -0.4 is 0 Å². The molecule has 11 aromatic rings. The number of hydrogen-bond donors (Lipinski definition) is 0. The second-order valence-corrected chi connectivity index (χ2v) is 13.1. The molecule has 4 heterocycles. The second kappa shape index (κ2) is 8.87. The van der Waals surface area contributed by atoms with E-state index in [1.54, 1.807) is 0 Å². The summed E-state index contributed by atoms with van der Waals surface area (Å²) in [4.78, 5) is 0. The molecule has 0 amide bonds. The maximum Gasteiger partial charge on any atom is 0.135 e. The van der Waals surface area contributed by atoms with Crippen molar-refractivity contribution in [3.63, 3.8) is 0 Å². The average Bonchev–Trinajstić information content (AvgIpc) is 3.85. The zero-order valence-electron chi connectivity index (χ0n) is 24.6. The van der Waals surface area contributed by atoms with Gasteiger partial charge in [0.1, 0.15) is 11.2 Å². The molecule has 11 rings (SSSR count). The van der Waals surface area contributed by atoms with E-state index < -0.39 is 0 Å². The van der Waals surface area contributed by atoms with E-state index in [1.807, 2.05) is 17.4 Å². The van der Waals surface area contributed by atoms with Crippen LogP contribution in [0.25, 0.3) is 97.1 Å². The molecule has 4 heteroatoms. The van der Waals surface area contributed by atoms with Crippen molar-refractivity contribution in [3.8, 4) is 11.4 Å². The number of rotatable bonds is 2. The van der Waals surface area contributed by atoms with Crippen LogP contribution in [0.1, 0.15) is 0 Å². The third-order valence-electron chi connectivity index (χ3n) is 9.68. The van der Waals surface area contributed by atoms with Gasteiger partial charge in [-0.2, -0.15) is 0 Å². The van der Waals surface area contributed by atoms with Crippen molar-refractivity contribution >= 4 is 97.1 Å². The normalized spacial score (nSPS) is 12.3. The van der Waals surface area contributed by atoms with Crippen LogP contribution in [0.3, 0.4) is 0 Å². The molecule has 0 aliphatic heterocycles. The molecule has 0 aliphatic carbocycles. The highest BCUT2D eigenvalue weighted by atomic mass is 32.1. The fourth-order valence-corrected chi connectivity index (χ4v) is 9.11. The van der Waals surface area contributed by atoms with Gasteiger partial charge < -0.3 is 13.6 Å². The van der Waals surface area contributed by atoms with E-state index in [2.05, 4.69) is 149 Å². The molecule has 0 aliphatic rings. The first-order valence-electron chi connectivity index (χ1n) is 15.6. The Morgan fingerprint density at radius 2 is 0.978 bits per heavy atom. The van der Waals surface area contributed by atoms with Crippen LogP contribution in [0.15, 0.2) is 150 Å². The Kier molecular flexibility index (Phi) is 4.72. The van der Waals surface area contributed by atoms with E-state index in [0.29, 0.717) is 0 Å². The van der Waals surface area contributed by atoms with Crippen LogP contribution >= 0.6 is 11.3 Å². The summed E-state index contributed by atoms with van der Waals surface area (Å²) >= 11 is 1.91. The van der Waals surface area contributed by atoms with Crippen LogP contribution in [0.4, 0.5) is 0 Å². The van der Waals surface area contributed by atoms with E-state index in [1.165, 1.54) is 69.5 Å². The van der Waals surface area contributed by atoms with Gasteiger partial charge in [0, 0.05) is 63.9 Å². The number of furan rings is 1. The van der Waals surface area contributed by atoms with Gasteiger partial charge in [-0.25, -0.2) is 0 Å². The molecule has 0 fully saturated rings. The molecule has 214 valence electrons. The van der Waals surface area contributed by atoms with Crippen LogP contribution in [0, 0.1) is 0 Å². The van der Waals surface area contributed by atoms with Gasteiger partial charge >= 0.3 is 0 Å². The number of benzene rings is 7. The number of thiophene rings is 1. The van der Waals surface area contributed by atoms with Crippen LogP contribution in [-0.4, -0.2) is 9.13 Å². The number of hydrogen-bond acceptors (Lipinski definition) is 2. The van der Waals surface area contributed by atoms with Crippen molar-refractivity contribution in [2.24, 2.45) is 0 Å². The van der Waals surface area contributed by atoms with Gasteiger partial charge in [0.15, 0.2) is 0 Å². The van der Waals surface area contributed by atoms with Crippen molar-refractivity contribution in [2.75, 3.05) is 0 Å². The number of aromatic nitrogens is 2. The lowest BCUT2D eigenvalue weighted by atomic mass is 10.0. The third kappa shape index (κ3) is 3.06. The van der Waals surface area contributed by atoms with Crippen molar-refractivity contribution in [1.82, 2.24) is 9.13 Å². The van der Waals surface area contributed by atoms with Crippen molar-refractivity contribution in [1.29, 1.82) is 0 Å². The lowest BCUT2D eigenvalue weighted by Crippen LogP contribution is -1.96.